The van der Waals surface area contributed by atoms with E-state index in [2.05, 4.69) is 4.72 Å². The molecular weight excluding hydrogens is 357 g/mol. The minimum absolute atomic E-state index is 0.168. The molecule has 0 amide bonds. The second kappa shape index (κ2) is 7.21. The molecule has 0 aliphatic heterocycles. The van der Waals surface area contributed by atoms with Crippen LogP contribution in [0.15, 0.2) is 58.3 Å². The molecule has 2 aromatic carbocycles. The summed E-state index contributed by atoms with van der Waals surface area (Å²) in [4.78, 5) is 1.05. The molecule has 124 valence electrons. The van der Waals surface area contributed by atoms with Crippen molar-refractivity contribution in [1.82, 2.24) is 4.72 Å². The smallest absolute Gasteiger partial charge is 0.207 e. The number of thioether (sulfide) groups is 1. The van der Waals surface area contributed by atoms with Gasteiger partial charge in [-0.05, 0) is 62.4 Å². The summed E-state index contributed by atoms with van der Waals surface area (Å²) in [6.07, 6.45) is 0. The van der Waals surface area contributed by atoms with Gasteiger partial charge >= 0.3 is 0 Å². The second-order valence-corrected chi connectivity index (χ2v) is 8.85. The third-order valence-electron chi connectivity index (χ3n) is 2.95. The first-order chi connectivity index (χ1) is 10.7. The van der Waals surface area contributed by atoms with Crippen molar-refractivity contribution >= 4 is 33.4 Å². The highest BCUT2D eigenvalue weighted by Gasteiger charge is 2.26. The molecule has 0 unspecified atom stereocenters. The van der Waals surface area contributed by atoms with E-state index < -0.39 is 15.6 Å². The molecule has 0 saturated heterocycles. The first-order valence-electron chi connectivity index (χ1n) is 6.86. The Bertz CT molecular complexity index is 760. The van der Waals surface area contributed by atoms with Gasteiger partial charge in [0.2, 0.25) is 10.0 Å². The second-order valence-electron chi connectivity index (χ2n) is 5.69. The molecule has 23 heavy (non-hydrogen) atoms. The summed E-state index contributed by atoms with van der Waals surface area (Å²) in [5.74, 6) is 0.211. The number of halogens is 2. The molecule has 3 nitrogen and oxygen atoms in total. The van der Waals surface area contributed by atoms with Crippen LogP contribution >= 0.6 is 23.4 Å². The van der Waals surface area contributed by atoms with Crippen LogP contribution in [-0.2, 0) is 10.0 Å². The first kappa shape index (κ1) is 18.3. The summed E-state index contributed by atoms with van der Waals surface area (Å²) in [7, 11) is -3.63. The van der Waals surface area contributed by atoms with Crippen molar-refractivity contribution in [2.24, 2.45) is 0 Å². The third-order valence-corrected chi connectivity index (χ3v) is 6.39. The minimum Gasteiger partial charge on any atom is -0.207 e. The monoisotopic (exact) mass is 373 g/mol. The van der Waals surface area contributed by atoms with E-state index in [1.54, 1.807) is 26.0 Å². The normalized spacial score (nSPS) is 12.3. The van der Waals surface area contributed by atoms with Gasteiger partial charge in [0.05, 0.1) is 4.90 Å². The molecule has 0 aliphatic rings. The summed E-state index contributed by atoms with van der Waals surface area (Å²) in [5.41, 5.74) is -0.669. The number of rotatable bonds is 6. The Kier molecular flexibility index (Phi) is 5.73. The van der Waals surface area contributed by atoms with Gasteiger partial charge in [0.15, 0.2) is 0 Å². The van der Waals surface area contributed by atoms with Gasteiger partial charge in [-0.3, -0.25) is 0 Å². The lowest BCUT2D eigenvalue weighted by Gasteiger charge is -2.25. The molecule has 2 aromatic rings. The average Bonchev–Trinajstić information content (AvgIpc) is 2.46. The number of nitrogens with one attached hydrogen (secondary N) is 1. The molecule has 7 heteroatoms. The van der Waals surface area contributed by atoms with Crippen LogP contribution in [0.4, 0.5) is 4.39 Å². The highest BCUT2D eigenvalue weighted by molar-refractivity contribution is 7.99. The minimum atomic E-state index is -3.63. The largest absolute Gasteiger partial charge is 0.241 e. The van der Waals surface area contributed by atoms with Crippen molar-refractivity contribution in [2.45, 2.75) is 29.2 Å². The average molecular weight is 374 g/mol. The van der Waals surface area contributed by atoms with Crippen molar-refractivity contribution < 1.29 is 12.8 Å². The van der Waals surface area contributed by atoms with Crippen LogP contribution in [-0.4, -0.2) is 19.7 Å². The van der Waals surface area contributed by atoms with E-state index >= 15 is 0 Å². The fraction of sp³-hybridized carbons (Fsp3) is 0.250. The van der Waals surface area contributed by atoms with Crippen molar-refractivity contribution in [3.05, 3.63) is 59.4 Å². The lowest BCUT2D eigenvalue weighted by atomic mass is 10.1. The Labute approximate surface area is 145 Å². The SMILES string of the molecule is CC(C)(CSc1ccc(F)cc1)NS(=O)(=O)c1ccc(Cl)cc1. The lowest BCUT2D eigenvalue weighted by molar-refractivity contribution is 0.498. The van der Waals surface area contributed by atoms with Crippen LogP contribution < -0.4 is 4.72 Å². The highest BCUT2D eigenvalue weighted by atomic mass is 35.5. The van der Waals surface area contributed by atoms with E-state index in [-0.39, 0.29) is 10.7 Å². The van der Waals surface area contributed by atoms with Crippen molar-refractivity contribution in [3.8, 4) is 0 Å². The van der Waals surface area contributed by atoms with E-state index in [0.29, 0.717) is 10.8 Å². The van der Waals surface area contributed by atoms with Crippen molar-refractivity contribution in [3.63, 3.8) is 0 Å². The predicted octanol–water partition coefficient (Wildman–Crippen LogP) is 4.33. The number of benzene rings is 2. The Morgan fingerprint density at radius 1 is 1.09 bits per heavy atom. The highest BCUT2D eigenvalue weighted by Crippen LogP contribution is 2.24. The maximum absolute atomic E-state index is 12.9. The molecule has 2 rings (SSSR count). The number of hydrogen-bond donors (Lipinski definition) is 1. The summed E-state index contributed by atoms with van der Waals surface area (Å²) in [6.45, 7) is 3.61. The van der Waals surface area contributed by atoms with Gasteiger partial charge in [-0.2, -0.15) is 0 Å². The van der Waals surface area contributed by atoms with Crippen LogP contribution in [0.3, 0.4) is 0 Å². The maximum atomic E-state index is 12.9. The number of sulfonamides is 1. The van der Waals surface area contributed by atoms with Crippen LogP contribution in [0.2, 0.25) is 5.02 Å². The van der Waals surface area contributed by atoms with Gasteiger partial charge in [0.1, 0.15) is 5.82 Å². The molecule has 0 spiro atoms. The topological polar surface area (TPSA) is 46.2 Å². The zero-order chi connectivity index (χ0) is 17.1. The van der Waals surface area contributed by atoms with Gasteiger partial charge in [0.25, 0.3) is 0 Å². The molecule has 0 atom stereocenters. The lowest BCUT2D eigenvalue weighted by Crippen LogP contribution is -2.45. The Morgan fingerprint density at radius 3 is 2.22 bits per heavy atom. The van der Waals surface area contributed by atoms with Gasteiger partial charge in [-0.15, -0.1) is 11.8 Å². The van der Waals surface area contributed by atoms with E-state index in [0.717, 1.165) is 4.90 Å². The molecular formula is C16H17ClFNO2S2. The van der Waals surface area contributed by atoms with Crippen LogP contribution in [0.25, 0.3) is 0 Å². The van der Waals surface area contributed by atoms with Gasteiger partial charge in [-0.1, -0.05) is 11.6 Å². The molecule has 0 fully saturated rings. The fourth-order valence-electron chi connectivity index (χ4n) is 1.86. The van der Waals surface area contributed by atoms with Gasteiger partial charge < -0.3 is 0 Å². The van der Waals surface area contributed by atoms with Crippen LogP contribution in [0.5, 0.6) is 0 Å². The predicted molar refractivity (Wildman–Crippen MR) is 93.0 cm³/mol. The number of hydrogen-bond acceptors (Lipinski definition) is 3. The van der Waals surface area contributed by atoms with E-state index in [1.807, 2.05) is 0 Å². The Balaban J connectivity index is 2.04. The van der Waals surface area contributed by atoms with E-state index in [1.165, 1.54) is 48.2 Å². The summed E-state index contributed by atoms with van der Waals surface area (Å²) < 4.78 is 40.4. The molecule has 0 heterocycles. The summed E-state index contributed by atoms with van der Waals surface area (Å²) >= 11 is 7.24. The summed E-state index contributed by atoms with van der Waals surface area (Å²) in [6, 6.07) is 12.1. The molecule has 1 N–H and O–H groups in total. The molecule has 0 aliphatic carbocycles. The fourth-order valence-corrected chi connectivity index (χ4v) is 4.42. The van der Waals surface area contributed by atoms with Crippen LogP contribution in [0.1, 0.15) is 13.8 Å². The van der Waals surface area contributed by atoms with Gasteiger partial charge in [-0.25, -0.2) is 17.5 Å². The van der Waals surface area contributed by atoms with Crippen molar-refractivity contribution in [1.29, 1.82) is 0 Å². The van der Waals surface area contributed by atoms with Gasteiger partial charge in [0, 0.05) is 21.2 Å². The van der Waals surface area contributed by atoms with E-state index in [4.69, 9.17) is 11.6 Å². The Hall–Kier alpha value is -1.08. The molecule has 0 radical (unpaired) electrons. The third kappa shape index (κ3) is 5.49. The molecule has 0 bridgehead atoms. The van der Waals surface area contributed by atoms with E-state index in [9.17, 15) is 12.8 Å². The quantitative estimate of drug-likeness (QED) is 0.766. The first-order valence-corrected chi connectivity index (χ1v) is 9.71. The zero-order valence-electron chi connectivity index (χ0n) is 12.7. The zero-order valence-corrected chi connectivity index (χ0v) is 15.1. The molecule has 0 aromatic heterocycles. The maximum Gasteiger partial charge on any atom is 0.241 e. The Morgan fingerprint density at radius 2 is 1.65 bits per heavy atom. The van der Waals surface area contributed by atoms with Crippen molar-refractivity contribution in [2.75, 3.05) is 5.75 Å². The standard InChI is InChI=1S/C16H17ClFNO2S2/c1-16(2,11-22-14-7-5-13(18)6-8-14)19-23(20,21)15-9-3-12(17)4-10-15/h3-10,19H,11H2,1-2H3. The van der Waals surface area contributed by atoms with Crippen LogP contribution in [0, 0.1) is 5.82 Å². The summed E-state index contributed by atoms with van der Waals surface area (Å²) in [5, 5.41) is 0.482. The molecule has 0 saturated carbocycles.